The molecule has 1 spiro atoms. The van der Waals surface area contributed by atoms with Gasteiger partial charge in [0.15, 0.2) is 5.16 Å². The van der Waals surface area contributed by atoms with E-state index >= 15 is 0 Å². The number of rotatable bonds is 6. The van der Waals surface area contributed by atoms with Gasteiger partial charge in [0.25, 0.3) is 5.91 Å². The van der Waals surface area contributed by atoms with Crippen molar-refractivity contribution in [1.82, 2.24) is 25.0 Å². The number of carbonyl (C=O) groups excluding carboxylic acids is 3. The van der Waals surface area contributed by atoms with Crippen molar-refractivity contribution in [2.24, 2.45) is 0 Å². The van der Waals surface area contributed by atoms with E-state index in [0.29, 0.717) is 30.5 Å². The summed E-state index contributed by atoms with van der Waals surface area (Å²) in [5, 5.41) is 12.0. The second-order valence-corrected chi connectivity index (χ2v) is 9.87. The minimum Gasteiger partial charge on any atom is -0.318 e. The molecular weight excluding hydrogens is 426 g/mol. The van der Waals surface area contributed by atoms with Gasteiger partial charge in [-0.1, -0.05) is 61.4 Å². The molecule has 3 fully saturated rings. The number of aromatic nitrogens is 3. The van der Waals surface area contributed by atoms with Crippen LogP contribution in [0.15, 0.2) is 35.5 Å². The van der Waals surface area contributed by atoms with Gasteiger partial charge in [-0.05, 0) is 31.2 Å². The normalized spacial score (nSPS) is 20.4. The van der Waals surface area contributed by atoms with Gasteiger partial charge in [0.2, 0.25) is 11.8 Å². The summed E-state index contributed by atoms with van der Waals surface area (Å²) in [7, 11) is 0. The lowest BCUT2D eigenvalue weighted by Crippen LogP contribution is -2.69. The van der Waals surface area contributed by atoms with Gasteiger partial charge < -0.3 is 9.47 Å². The maximum atomic E-state index is 13.3. The van der Waals surface area contributed by atoms with Gasteiger partial charge >= 0.3 is 0 Å². The van der Waals surface area contributed by atoms with Crippen molar-refractivity contribution < 1.29 is 14.4 Å². The Labute approximate surface area is 191 Å². The Hall–Kier alpha value is -2.68. The predicted molar refractivity (Wildman–Crippen MR) is 119 cm³/mol. The first-order valence-electron chi connectivity index (χ1n) is 11.3. The van der Waals surface area contributed by atoms with Gasteiger partial charge in [-0.3, -0.25) is 19.7 Å². The zero-order valence-electron chi connectivity index (χ0n) is 18.0. The molecule has 2 aliphatic carbocycles. The highest BCUT2D eigenvalue weighted by atomic mass is 32.2. The van der Waals surface area contributed by atoms with Crippen LogP contribution >= 0.6 is 11.8 Å². The molecule has 0 bridgehead atoms. The first-order valence-corrected chi connectivity index (χ1v) is 12.3. The summed E-state index contributed by atoms with van der Waals surface area (Å²) in [5.41, 5.74) is 0.266. The van der Waals surface area contributed by atoms with Crippen molar-refractivity contribution in [3.05, 3.63) is 41.7 Å². The molecular formula is C23H27N5O3S. The fourth-order valence-corrected chi connectivity index (χ4v) is 5.65. The van der Waals surface area contributed by atoms with E-state index in [4.69, 9.17) is 0 Å². The van der Waals surface area contributed by atoms with Crippen LogP contribution in [-0.4, -0.2) is 55.2 Å². The molecule has 32 heavy (non-hydrogen) atoms. The minimum atomic E-state index is -0.888. The van der Waals surface area contributed by atoms with Crippen LogP contribution in [0.2, 0.25) is 0 Å². The second-order valence-electron chi connectivity index (χ2n) is 8.92. The standard InChI is InChI=1S/C23H27N5O3S/c29-18-14-28(23(21(31)24-18)11-5-2-6-12-23)19(30)15-32-22-26-25-20(17-9-10-17)27(22)13-16-7-3-1-4-8-16/h1,3-4,7-8,17H,2,5-6,9-15H2,(H,24,29,31). The maximum absolute atomic E-state index is 13.3. The summed E-state index contributed by atoms with van der Waals surface area (Å²) in [6, 6.07) is 10.1. The topological polar surface area (TPSA) is 97.2 Å². The van der Waals surface area contributed by atoms with Crippen molar-refractivity contribution >= 4 is 29.5 Å². The smallest absolute Gasteiger partial charge is 0.252 e. The Bertz CT molecular complexity index is 1030. The average Bonchev–Trinajstić information content (AvgIpc) is 3.57. The van der Waals surface area contributed by atoms with Crippen LogP contribution in [0.3, 0.4) is 0 Å². The second kappa shape index (κ2) is 8.69. The van der Waals surface area contributed by atoms with E-state index in [0.717, 1.165) is 43.5 Å². The average molecular weight is 454 g/mol. The van der Waals surface area contributed by atoms with E-state index in [-0.39, 0.29) is 24.1 Å². The number of benzene rings is 1. The van der Waals surface area contributed by atoms with Crippen molar-refractivity contribution in [3.8, 4) is 0 Å². The quantitative estimate of drug-likeness (QED) is 0.533. The molecule has 2 aromatic rings. The number of thioether (sulfide) groups is 1. The first-order chi connectivity index (χ1) is 15.6. The molecule has 1 saturated heterocycles. The molecule has 1 aromatic carbocycles. The monoisotopic (exact) mass is 453 g/mol. The molecule has 0 atom stereocenters. The van der Waals surface area contributed by atoms with Crippen LogP contribution in [0.25, 0.3) is 0 Å². The molecule has 1 N–H and O–H groups in total. The molecule has 3 amide bonds. The minimum absolute atomic E-state index is 0.0604. The summed E-state index contributed by atoms with van der Waals surface area (Å²) in [4.78, 5) is 39.6. The molecule has 8 nitrogen and oxygen atoms in total. The molecule has 5 rings (SSSR count). The van der Waals surface area contributed by atoms with Gasteiger partial charge in [0.1, 0.15) is 17.9 Å². The third-order valence-electron chi connectivity index (χ3n) is 6.67. The van der Waals surface area contributed by atoms with Crippen LogP contribution in [-0.2, 0) is 20.9 Å². The molecule has 0 unspecified atom stereocenters. The molecule has 1 aliphatic heterocycles. The molecule has 9 heteroatoms. The van der Waals surface area contributed by atoms with Gasteiger partial charge in [0, 0.05) is 5.92 Å². The van der Waals surface area contributed by atoms with Gasteiger partial charge in [0.05, 0.1) is 12.3 Å². The van der Waals surface area contributed by atoms with E-state index in [1.165, 1.54) is 16.7 Å². The van der Waals surface area contributed by atoms with Crippen LogP contribution in [0.1, 0.15) is 62.3 Å². The fourth-order valence-electron chi connectivity index (χ4n) is 4.83. The zero-order valence-corrected chi connectivity index (χ0v) is 18.8. The fraction of sp³-hybridized carbons (Fsp3) is 0.522. The van der Waals surface area contributed by atoms with E-state index in [9.17, 15) is 14.4 Å². The van der Waals surface area contributed by atoms with Crippen LogP contribution in [0.5, 0.6) is 0 Å². The van der Waals surface area contributed by atoms with Crippen LogP contribution < -0.4 is 5.32 Å². The molecule has 168 valence electrons. The maximum Gasteiger partial charge on any atom is 0.252 e. The number of nitrogens with zero attached hydrogens (tertiary/aromatic N) is 4. The SMILES string of the molecule is O=C1CN(C(=O)CSc2nnc(C3CC3)n2Cc2ccccc2)C2(CCCCC2)C(=O)N1. The van der Waals surface area contributed by atoms with E-state index < -0.39 is 11.4 Å². The highest BCUT2D eigenvalue weighted by molar-refractivity contribution is 7.99. The lowest BCUT2D eigenvalue weighted by atomic mass is 9.78. The number of piperazine rings is 1. The highest BCUT2D eigenvalue weighted by Crippen LogP contribution is 2.40. The summed E-state index contributed by atoms with van der Waals surface area (Å²) in [6.07, 6.45) is 6.26. The largest absolute Gasteiger partial charge is 0.318 e. The van der Waals surface area contributed by atoms with Crippen molar-refractivity contribution in [2.45, 2.75) is 68.1 Å². The Morgan fingerprint density at radius 3 is 2.56 bits per heavy atom. The summed E-state index contributed by atoms with van der Waals surface area (Å²) >= 11 is 1.34. The molecule has 2 heterocycles. The van der Waals surface area contributed by atoms with E-state index in [1.807, 2.05) is 18.2 Å². The number of hydrogen-bond donors (Lipinski definition) is 1. The molecule has 2 saturated carbocycles. The Balaban J connectivity index is 1.34. The predicted octanol–water partition coefficient (Wildman–Crippen LogP) is 2.48. The Morgan fingerprint density at radius 2 is 1.84 bits per heavy atom. The third kappa shape index (κ3) is 4.05. The molecule has 1 aromatic heterocycles. The first kappa shape index (κ1) is 21.2. The number of amides is 3. The van der Waals surface area contributed by atoms with Gasteiger partial charge in [-0.15, -0.1) is 10.2 Å². The van der Waals surface area contributed by atoms with E-state index in [1.54, 1.807) is 0 Å². The Morgan fingerprint density at radius 1 is 1.09 bits per heavy atom. The van der Waals surface area contributed by atoms with Crippen LogP contribution in [0, 0.1) is 0 Å². The van der Waals surface area contributed by atoms with Gasteiger partial charge in [-0.2, -0.15) is 0 Å². The highest BCUT2D eigenvalue weighted by Gasteiger charge is 2.50. The Kier molecular flexibility index (Phi) is 5.75. The lowest BCUT2D eigenvalue weighted by Gasteiger charge is -2.47. The molecule has 0 radical (unpaired) electrons. The number of nitrogens with one attached hydrogen (secondary N) is 1. The van der Waals surface area contributed by atoms with Crippen LogP contribution in [0.4, 0.5) is 0 Å². The van der Waals surface area contributed by atoms with Gasteiger partial charge in [-0.25, -0.2) is 0 Å². The number of hydrogen-bond acceptors (Lipinski definition) is 6. The zero-order chi connectivity index (χ0) is 22.1. The number of imide groups is 1. The summed E-state index contributed by atoms with van der Waals surface area (Å²) in [6.45, 7) is 0.597. The molecule has 3 aliphatic rings. The lowest BCUT2D eigenvalue weighted by molar-refractivity contribution is -0.158. The summed E-state index contributed by atoms with van der Waals surface area (Å²) in [5.74, 6) is 0.607. The van der Waals surface area contributed by atoms with Crippen molar-refractivity contribution in [1.29, 1.82) is 0 Å². The summed E-state index contributed by atoms with van der Waals surface area (Å²) < 4.78 is 2.11. The number of carbonyl (C=O) groups is 3. The van der Waals surface area contributed by atoms with Crippen molar-refractivity contribution in [3.63, 3.8) is 0 Å². The third-order valence-corrected chi connectivity index (χ3v) is 7.62. The van der Waals surface area contributed by atoms with E-state index in [2.05, 4.69) is 32.2 Å². The van der Waals surface area contributed by atoms with Crippen molar-refractivity contribution in [2.75, 3.05) is 12.3 Å².